The molecule has 0 radical (unpaired) electrons. The number of fused-ring (bicyclic) bond motifs is 2. The molecule has 3 unspecified atom stereocenters. The Bertz CT molecular complexity index is 494. The highest BCUT2D eigenvalue weighted by atomic mass is 32.1. The van der Waals surface area contributed by atoms with E-state index < -0.39 is 0 Å². The molecule has 4 heteroatoms. The lowest BCUT2D eigenvalue weighted by Crippen LogP contribution is -2.54. The second kappa shape index (κ2) is 4.79. The summed E-state index contributed by atoms with van der Waals surface area (Å²) in [5, 5.41) is 7.69. The van der Waals surface area contributed by atoms with E-state index in [1.807, 2.05) is 11.3 Å². The van der Waals surface area contributed by atoms with Gasteiger partial charge in [-0.15, -0.1) is 11.3 Å². The lowest BCUT2D eigenvalue weighted by Gasteiger charge is -2.42. The molecule has 1 aromatic heterocycles. The fraction of sp³-hybridized carbons (Fsp3) is 0.812. The number of hydrogen-bond acceptors (Lipinski definition) is 4. The number of thiazole rings is 1. The van der Waals surface area contributed by atoms with Crippen molar-refractivity contribution in [1.82, 2.24) is 15.2 Å². The predicted molar refractivity (Wildman–Crippen MR) is 83.2 cm³/mol. The lowest BCUT2D eigenvalue weighted by molar-refractivity contribution is 0.127. The molecular formula is C16H25N3S. The van der Waals surface area contributed by atoms with Gasteiger partial charge < -0.3 is 10.2 Å². The molecule has 2 bridgehead atoms. The number of aromatic nitrogens is 1. The Labute approximate surface area is 125 Å². The van der Waals surface area contributed by atoms with Crippen LogP contribution in [0.4, 0.5) is 0 Å². The summed E-state index contributed by atoms with van der Waals surface area (Å²) in [5.41, 5.74) is 1.47. The summed E-state index contributed by atoms with van der Waals surface area (Å²) >= 11 is 1.90. The summed E-state index contributed by atoms with van der Waals surface area (Å²) in [7, 11) is 0. The average molecular weight is 291 g/mol. The van der Waals surface area contributed by atoms with Crippen LogP contribution in [-0.2, 0) is 5.54 Å². The van der Waals surface area contributed by atoms with E-state index in [2.05, 4.69) is 29.4 Å². The van der Waals surface area contributed by atoms with Crippen molar-refractivity contribution in [2.75, 3.05) is 19.6 Å². The van der Waals surface area contributed by atoms with Crippen molar-refractivity contribution in [1.29, 1.82) is 0 Å². The number of nitrogens with zero attached hydrogens (tertiary/aromatic N) is 2. The maximum Gasteiger partial charge on any atom is 0.113 e. The van der Waals surface area contributed by atoms with Crippen LogP contribution in [0.3, 0.4) is 0 Å². The van der Waals surface area contributed by atoms with Crippen molar-refractivity contribution in [3.05, 3.63) is 16.1 Å². The molecule has 0 amide bonds. The minimum absolute atomic E-state index is 0.186. The molecule has 4 rings (SSSR count). The molecule has 2 aliphatic heterocycles. The summed E-state index contributed by atoms with van der Waals surface area (Å²) in [6.45, 7) is 8.31. The first kappa shape index (κ1) is 13.2. The first-order valence-electron chi connectivity index (χ1n) is 8.13. The molecule has 0 spiro atoms. The molecule has 1 saturated carbocycles. The zero-order chi connectivity index (χ0) is 13.7. The maximum atomic E-state index is 5.04. The SMILES string of the molecule is CC(C)c1csc(C2(NC3CC3)CCN3CCC2C3)n1. The van der Waals surface area contributed by atoms with Gasteiger partial charge >= 0.3 is 0 Å². The summed E-state index contributed by atoms with van der Waals surface area (Å²) in [6.07, 6.45) is 5.32. The van der Waals surface area contributed by atoms with E-state index in [4.69, 9.17) is 4.98 Å². The van der Waals surface area contributed by atoms with Crippen LogP contribution in [0.2, 0.25) is 0 Å². The third-order valence-electron chi connectivity index (χ3n) is 5.33. The Morgan fingerprint density at radius 2 is 2.20 bits per heavy atom. The van der Waals surface area contributed by atoms with Crippen LogP contribution >= 0.6 is 11.3 Å². The Kier molecular flexibility index (Phi) is 3.17. The molecule has 3 fully saturated rings. The second-order valence-electron chi connectivity index (χ2n) is 7.16. The Hall–Kier alpha value is -0.450. The minimum atomic E-state index is 0.186. The molecule has 1 aromatic rings. The van der Waals surface area contributed by atoms with Crippen molar-refractivity contribution >= 4 is 11.3 Å². The highest BCUT2D eigenvalue weighted by Gasteiger charge is 2.50. The monoisotopic (exact) mass is 291 g/mol. The maximum absolute atomic E-state index is 5.04. The van der Waals surface area contributed by atoms with Crippen LogP contribution in [0.1, 0.15) is 56.2 Å². The molecule has 1 aliphatic carbocycles. The zero-order valence-electron chi connectivity index (χ0n) is 12.6. The van der Waals surface area contributed by atoms with E-state index in [0.29, 0.717) is 5.92 Å². The smallest absolute Gasteiger partial charge is 0.113 e. The molecular weight excluding hydrogens is 266 g/mol. The molecule has 3 atom stereocenters. The topological polar surface area (TPSA) is 28.2 Å². The fourth-order valence-corrected chi connectivity index (χ4v) is 5.11. The first-order chi connectivity index (χ1) is 9.67. The van der Waals surface area contributed by atoms with Gasteiger partial charge in [0.2, 0.25) is 0 Å². The third-order valence-corrected chi connectivity index (χ3v) is 6.36. The van der Waals surface area contributed by atoms with E-state index in [1.165, 1.54) is 56.0 Å². The second-order valence-corrected chi connectivity index (χ2v) is 8.02. The fourth-order valence-electron chi connectivity index (χ4n) is 3.86. The molecule has 2 saturated heterocycles. The average Bonchev–Trinajstić information content (AvgIpc) is 2.96. The van der Waals surface area contributed by atoms with Crippen LogP contribution in [0, 0.1) is 5.92 Å². The van der Waals surface area contributed by atoms with Crippen molar-refractivity contribution in [3.63, 3.8) is 0 Å². The summed E-state index contributed by atoms with van der Waals surface area (Å²) in [5.74, 6) is 1.31. The Balaban J connectivity index is 1.69. The number of nitrogens with one attached hydrogen (secondary N) is 1. The molecule has 3 heterocycles. The minimum Gasteiger partial charge on any atom is -0.303 e. The molecule has 3 nitrogen and oxygen atoms in total. The number of hydrogen-bond donors (Lipinski definition) is 1. The normalized spacial score (nSPS) is 36.8. The van der Waals surface area contributed by atoms with Gasteiger partial charge in [-0.25, -0.2) is 4.98 Å². The summed E-state index contributed by atoms with van der Waals surface area (Å²) in [4.78, 5) is 7.67. The molecule has 1 N–H and O–H groups in total. The summed E-state index contributed by atoms with van der Waals surface area (Å²) < 4.78 is 0. The van der Waals surface area contributed by atoms with E-state index >= 15 is 0 Å². The van der Waals surface area contributed by atoms with Gasteiger partial charge in [0.15, 0.2) is 0 Å². The molecule has 0 aromatic carbocycles. The van der Waals surface area contributed by atoms with Gasteiger partial charge in [0.25, 0.3) is 0 Å². The first-order valence-corrected chi connectivity index (χ1v) is 9.01. The molecule has 110 valence electrons. The van der Waals surface area contributed by atoms with Crippen LogP contribution in [0.15, 0.2) is 5.38 Å². The van der Waals surface area contributed by atoms with Gasteiger partial charge in [-0.3, -0.25) is 0 Å². The van der Waals surface area contributed by atoms with Gasteiger partial charge in [-0.1, -0.05) is 13.8 Å². The van der Waals surface area contributed by atoms with Crippen LogP contribution in [0.25, 0.3) is 0 Å². The van der Waals surface area contributed by atoms with E-state index in [-0.39, 0.29) is 5.54 Å². The quantitative estimate of drug-likeness (QED) is 0.924. The Morgan fingerprint density at radius 1 is 1.35 bits per heavy atom. The zero-order valence-corrected chi connectivity index (χ0v) is 13.4. The highest BCUT2D eigenvalue weighted by molar-refractivity contribution is 7.09. The molecule has 3 aliphatic rings. The van der Waals surface area contributed by atoms with Gasteiger partial charge in [0.1, 0.15) is 5.01 Å². The van der Waals surface area contributed by atoms with Gasteiger partial charge in [-0.2, -0.15) is 0 Å². The van der Waals surface area contributed by atoms with Crippen molar-refractivity contribution < 1.29 is 0 Å². The molecule has 20 heavy (non-hydrogen) atoms. The number of piperidine rings is 1. The van der Waals surface area contributed by atoms with Gasteiger partial charge in [0, 0.05) is 24.5 Å². The van der Waals surface area contributed by atoms with Crippen LogP contribution in [-0.4, -0.2) is 35.6 Å². The summed E-state index contributed by atoms with van der Waals surface area (Å²) in [6, 6.07) is 0.758. The van der Waals surface area contributed by atoms with Crippen molar-refractivity contribution in [2.24, 2.45) is 5.92 Å². The highest BCUT2D eigenvalue weighted by Crippen LogP contribution is 2.46. The van der Waals surface area contributed by atoms with Crippen molar-refractivity contribution in [3.8, 4) is 0 Å². The van der Waals surface area contributed by atoms with Crippen LogP contribution < -0.4 is 5.32 Å². The predicted octanol–water partition coefficient (Wildman–Crippen LogP) is 2.94. The largest absolute Gasteiger partial charge is 0.303 e. The Morgan fingerprint density at radius 3 is 2.90 bits per heavy atom. The number of rotatable bonds is 4. The van der Waals surface area contributed by atoms with E-state index in [1.54, 1.807) is 0 Å². The van der Waals surface area contributed by atoms with Crippen molar-refractivity contribution in [2.45, 2.75) is 57.0 Å². The third kappa shape index (κ3) is 2.13. The standard InChI is InChI=1S/C16H25N3S/c1-11(2)14-10-20-15(17-14)16(18-13-3-4-13)6-8-19-7-5-12(16)9-19/h10-13,18H,3-9H2,1-2H3. The van der Waals surface area contributed by atoms with E-state index in [9.17, 15) is 0 Å². The van der Waals surface area contributed by atoms with Gasteiger partial charge in [-0.05, 0) is 44.1 Å². The van der Waals surface area contributed by atoms with Crippen LogP contribution in [0.5, 0.6) is 0 Å². The van der Waals surface area contributed by atoms with Gasteiger partial charge in [0.05, 0.1) is 11.2 Å². The lowest BCUT2D eigenvalue weighted by atomic mass is 9.79. The van der Waals surface area contributed by atoms with E-state index in [0.717, 1.165) is 12.0 Å².